The molecule has 2 aromatic rings. The van der Waals surface area contributed by atoms with Crippen molar-refractivity contribution in [2.45, 2.75) is 18.7 Å². The molecule has 132 valence electrons. The third-order valence-corrected chi connectivity index (χ3v) is 5.03. The molecule has 0 saturated carbocycles. The van der Waals surface area contributed by atoms with E-state index in [2.05, 4.69) is 15.4 Å². The predicted octanol–water partition coefficient (Wildman–Crippen LogP) is 2.11. The minimum atomic E-state index is -3.61. The summed E-state index contributed by atoms with van der Waals surface area (Å²) in [7, 11) is -2.28. The van der Waals surface area contributed by atoms with Crippen LogP contribution >= 0.6 is 0 Å². The smallest absolute Gasteiger partial charge is 0.255 e. The van der Waals surface area contributed by atoms with Crippen molar-refractivity contribution in [3.8, 4) is 0 Å². The van der Waals surface area contributed by atoms with Crippen LogP contribution in [0, 0.1) is 6.92 Å². The highest BCUT2D eigenvalue weighted by molar-refractivity contribution is 7.89. The van der Waals surface area contributed by atoms with Crippen LogP contribution < -0.4 is 15.4 Å². The molecule has 0 aliphatic carbocycles. The maximum Gasteiger partial charge on any atom is 0.255 e. The fourth-order valence-electron chi connectivity index (χ4n) is 2.19. The van der Waals surface area contributed by atoms with Gasteiger partial charge in [0.25, 0.3) is 5.91 Å². The number of carbonyl (C=O) groups is 2. The molecule has 0 bridgehead atoms. The Morgan fingerprint density at radius 3 is 2.08 bits per heavy atom. The second-order valence-corrected chi connectivity index (χ2v) is 7.26. The van der Waals surface area contributed by atoms with Crippen molar-refractivity contribution in [3.63, 3.8) is 0 Å². The van der Waals surface area contributed by atoms with Gasteiger partial charge in [-0.15, -0.1) is 0 Å². The Balaban J connectivity index is 2.21. The summed E-state index contributed by atoms with van der Waals surface area (Å²) < 4.78 is 26.3. The van der Waals surface area contributed by atoms with E-state index < -0.39 is 10.0 Å². The molecule has 0 saturated heterocycles. The lowest BCUT2D eigenvalue weighted by molar-refractivity contribution is -0.114. The molecule has 0 aliphatic heterocycles. The Labute approximate surface area is 146 Å². The zero-order chi connectivity index (χ0) is 18.6. The minimum Gasteiger partial charge on any atom is -0.326 e. The molecule has 0 heterocycles. The Bertz CT molecular complexity index is 906. The van der Waals surface area contributed by atoms with Crippen LogP contribution in [0.3, 0.4) is 0 Å². The normalized spacial score (nSPS) is 11.0. The van der Waals surface area contributed by atoms with Crippen molar-refractivity contribution >= 4 is 33.2 Å². The summed E-state index contributed by atoms with van der Waals surface area (Å²) >= 11 is 0. The van der Waals surface area contributed by atoms with Gasteiger partial charge in [0.1, 0.15) is 0 Å². The van der Waals surface area contributed by atoms with Crippen LogP contribution in [0.2, 0.25) is 0 Å². The summed E-state index contributed by atoms with van der Waals surface area (Å²) in [5, 5.41) is 5.28. The Morgan fingerprint density at radius 1 is 0.920 bits per heavy atom. The highest BCUT2D eigenvalue weighted by Gasteiger charge is 2.16. The van der Waals surface area contributed by atoms with Gasteiger partial charge in [0.15, 0.2) is 0 Å². The first-order valence-corrected chi connectivity index (χ1v) is 8.94. The number of amides is 2. The molecular formula is C17H19N3O4S. The number of hydrogen-bond acceptors (Lipinski definition) is 4. The molecule has 2 amide bonds. The van der Waals surface area contributed by atoms with Gasteiger partial charge in [-0.3, -0.25) is 9.59 Å². The molecule has 0 aliphatic rings. The Morgan fingerprint density at radius 2 is 1.52 bits per heavy atom. The van der Waals surface area contributed by atoms with E-state index in [0.717, 1.165) is 0 Å². The second-order valence-electron chi connectivity index (χ2n) is 5.40. The van der Waals surface area contributed by atoms with Gasteiger partial charge >= 0.3 is 0 Å². The summed E-state index contributed by atoms with van der Waals surface area (Å²) in [6.07, 6.45) is 0. The number of anilines is 2. The third kappa shape index (κ3) is 4.65. The van der Waals surface area contributed by atoms with Crippen molar-refractivity contribution < 1.29 is 18.0 Å². The molecule has 0 radical (unpaired) electrons. The van der Waals surface area contributed by atoms with E-state index in [1.807, 2.05) is 0 Å². The minimum absolute atomic E-state index is 0.105. The van der Waals surface area contributed by atoms with Crippen LogP contribution in [-0.4, -0.2) is 27.3 Å². The van der Waals surface area contributed by atoms with E-state index in [0.29, 0.717) is 22.5 Å². The summed E-state index contributed by atoms with van der Waals surface area (Å²) in [6.45, 7) is 3.07. The zero-order valence-corrected chi connectivity index (χ0v) is 14.9. The quantitative estimate of drug-likeness (QED) is 0.758. The molecule has 0 fully saturated rings. The molecule has 7 nitrogen and oxygen atoms in total. The lowest BCUT2D eigenvalue weighted by atomic mass is 10.1. The number of nitrogens with one attached hydrogen (secondary N) is 3. The number of sulfonamides is 1. The first kappa shape index (κ1) is 18.6. The number of aryl methyl sites for hydroxylation is 1. The third-order valence-electron chi connectivity index (χ3n) is 3.47. The first-order chi connectivity index (χ1) is 11.7. The van der Waals surface area contributed by atoms with Crippen LogP contribution in [-0.2, 0) is 14.8 Å². The highest BCUT2D eigenvalue weighted by atomic mass is 32.2. The van der Waals surface area contributed by atoms with Crippen molar-refractivity contribution in [1.82, 2.24) is 4.72 Å². The monoisotopic (exact) mass is 361 g/mol. The lowest BCUT2D eigenvalue weighted by Crippen LogP contribution is -2.20. The summed E-state index contributed by atoms with van der Waals surface area (Å²) in [6, 6.07) is 11.0. The van der Waals surface area contributed by atoms with E-state index in [4.69, 9.17) is 0 Å². The second kappa shape index (κ2) is 7.45. The topological polar surface area (TPSA) is 104 Å². The molecule has 2 aromatic carbocycles. The van der Waals surface area contributed by atoms with Crippen molar-refractivity contribution in [2.24, 2.45) is 0 Å². The van der Waals surface area contributed by atoms with Gasteiger partial charge in [0, 0.05) is 23.9 Å². The van der Waals surface area contributed by atoms with Crippen LogP contribution in [0.4, 0.5) is 11.4 Å². The van der Waals surface area contributed by atoms with Crippen LogP contribution in [0.25, 0.3) is 0 Å². The van der Waals surface area contributed by atoms with Gasteiger partial charge in [-0.2, -0.15) is 0 Å². The Hall–Kier alpha value is -2.71. The highest BCUT2D eigenvalue weighted by Crippen LogP contribution is 2.20. The predicted molar refractivity (Wildman–Crippen MR) is 96.1 cm³/mol. The maximum absolute atomic E-state index is 12.3. The molecule has 0 spiro atoms. The van der Waals surface area contributed by atoms with Gasteiger partial charge in [-0.05, 0) is 55.9 Å². The first-order valence-electron chi connectivity index (χ1n) is 7.46. The molecule has 3 N–H and O–H groups in total. The molecule has 25 heavy (non-hydrogen) atoms. The van der Waals surface area contributed by atoms with Gasteiger partial charge < -0.3 is 10.6 Å². The summed E-state index contributed by atoms with van der Waals surface area (Å²) in [5.74, 6) is -0.582. The molecule has 0 atom stereocenters. The molecule has 8 heteroatoms. The van der Waals surface area contributed by atoms with Gasteiger partial charge in [-0.25, -0.2) is 13.1 Å². The zero-order valence-electron chi connectivity index (χ0n) is 14.1. The number of hydrogen-bond donors (Lipinski definition) is 3. The summed E-state index contributed by atoms with van der Waals surface area (Å²) in [4.78, 5) is 23.4. The molecule has 0 aromatic heterocycles. The van der Waals surface area contributed by atoms with Crippen molar-refractivity contribution in [1.29, 1.82) is 0 Å². The largest absolute Gasteiger partial charge is 0.326 e. The number of benzene rings is 2. The summed E-state index contributed by atoms with van der Waals surface area (Å²) in [5.41, 5.74) is 1.91. The molecule has 0 unspecified atom stereocenters. The van der Waals surface area contributed by atoms with Crippen LogP contribution in [0.5, 0.6) is 0 Å². The van der Waals surface area contributed by atoms with E-state index in [1.54, 1.807) is 43.3 Å². The lowest BCUT2D eigenvalue weighted by Gasteiger charge is -2.11. The van der Waals surface area contributed by atoms with Gasteiger partial charge in [0.05, 0.1) is 4.90 Å². The van der Waals surface area contributed by atoms with E-state index in [9.17, 15) is 18.0 Å². The maximum atomic E-state index is 12.3. The van der Waals surface area contributed by atoms with E-state index in [-0.39, 0.29) is 16.7 Å². The SMILES string of the molecule is CNS(=O)(=O)c1cc(NC(=O)c2ccc(NC(C)=O)cc2)ccc1C. The Kier molecular flexibility index (Phi) is 5.55. The number of carbonyl (C=O) groups excluding carboxylic acids is 2. The van der Waals surface area contributed by atoms with Crippen LogP contribution in [0.1, 0.15) is 22.8 Å². The average Bonchev–Trinajstić information content (AvgIpc) is 2.56. The van der Waals surface area contributed by atoms with Gasteiger partial charge in [0.2, 0.25) is 15.9 Å². The van der Waals surface area contributed by atoms with Gasteiger partial charge in [-0.1, -0.05) is 6.07 Å². The fourth-order valence-corrected chi connectivity index (χ4v) is 3.18. The van der Waals surface area contributed by atoms with Crippen LogP contribution in [0.15, 0.2) is 47.4 Å². The van der Waals surface area contributed by atoms with Crippen molar-refractivity contribution in [2.75, 3.05) is 17.7 Å². The van der Waals surface area contributed by atoms with E-state index in [1.165, 1.54) is 20.0 Å². The molecular weight excluding hydrogens is 342 g/mol. The van der Waals surface area contributed by atoms with E-state index >= 15 is 0 Å². The standard InChI is InChI=1S/C17H19N3O4S/c1-11-4-7-15(10-16(11)25(23,24)18-3)20-17(22)13-5-8-14(9-6-13)19-12(2)21/h4-10,18H,1-3H3,(H,19,21)(H,20,22). The average molecular weight is 361 g/mol. The molecule has 2 rings (SSSR count). The fraction of sp³-hybridized carbons (Fsp3) is 0.176. The van der Waals surface area contributed by atoms with Crippen molar-refractivity contribution in [3.05, 3.63) is 53.6 Å². The number of rotatable bonds is 5.